The minimum absolute atomic E-state index is 0.165. The maximum Gasteiger partial charge on any atom is 0.433 e. The summed E-state index contributed by atoms with van der Waals surface area (Å²) in [6.45, 7) is 3.11. The first-order chi connectivity index (χ1) is 15.7. The Morgan fingerprint density at radius 3 is 2.64 bits per heavy atom. The number of nitrogen functional groups attached to an aromatic ring is 1. The topological polar surface area (TPSA) is 90.6 Å². The molecule has 0 aliphatic carbocycles. The quantitative estimate of drug-likeness (QED) is 0.627. The molecule has 172 valence electrons. The number of amides is 1. The third-order valence-electron chi connectivity index (χ3n) is 6.12. The second kappa shape index (κ2) is 7.96. The molecule has 33 heavy (non-hydrogen) atoms. The van der Waals surface area contributed by atoms with Crippen LogP contribution in [0.15, 0.2) is 36.5 Å². The number of halogens is 3. The third kappa shape index (κ3) is 3.79. The number of carbonyl (C=O) groups is 1. The molecule has 0 spiro atoms. The molecule has 1 amide bonds. The maximum atomic E-state index is 13.6. The minimum Gasteiger partial charge on any atom is -0.383 e. The smallest absolute Gasteiger partial charge is 0.383 e. The highest BCUT2D eigenvalue weighted by molar-refractivity contribution is 5.99. The summed E-state index contributed by atoms with van der Waals surface area (Å²) in [5.41, 5.74) is 8.41. The van der Waals surface area contributed by atoms with Gasteiger partial charge in [0, 0.05) is 22.7 Å². The second-order valence-electron chi connectivity index (χ2n) is 8.27. The first-order valence-electron chi connectivity index (χ1n) is 10.5. The van der Waals surface area contributed by atoms with Crippen LogP contribution in [0.2, 0.25) is 0 Å². The zero-order valence-electron chi connectivity index (χ0n) is 17.7. The van der Waals surface area contributed by atoms with Crippen molar-refractivity contribution in [2.45, 2.75) is 38.4 Å². The average molecular weight is 458 g/mol. The fourth-order valence-corrected chi connectivity index (χ4v) is 4.44. The lowest BCUT2D eigenvalue weighted by Gasteiger charge is -2.40. The first-order valence-corrected chi connectivity index (χ1v) is 10.5. The molecule has 2 atom stereocenters. The number of anilines is 1. The molecular formula is C23H21F3N4O3. The molecule has 4 heterocycles. The normalized spacial score (nSPS) is 20.8. The van der Waals surface area contributed by atoms with Crippen molar-refractivity contribution in [2.24, 2.45) is 0 Å². The van der Waals surface area contributed by atoms with E-state index < -0.39 is 17.9 Å². The molecule has 5 rings (SSSR count). The molecule has 2 aliphatic heterocycles. The van der Waals surface area contributed by atoms with Crippen LogP contribution in [0, 0.1) is 0 Å². The number of aromatic nitrogens is 2. The highest BCUT2D eigenvalue weighted by Crippen LogP contribution is 2.34. The molecule has 0 saturated carbocycles. The fourth-order valence-electron chi connectivity index (χ4n) is 4.44. The van der Waals surface area contributed by atoms with Crippen molar-refractivity contribution >= 4 is 22.6 Å². The van der Waals surface area contributed by atoms with Crippen molar-refractivity contribution in [3.63, 3.8) is 0 Å². The van der Waals surface area contributed by atoms with Crippen LogP contribution in [-0.2, 0) is 28.9 Å². The monoisotopic (exact) mass is 458 g/mol. The number of hydrogen-bond acceptors (Lipinski definition) is 6. The van der Waals surface area contributed by atoms with Gasteiger partial charge in [0.05, 0.1) is 44.0 Å². The van der Waals surface area contributed by atoms with Crippen LogP contribution in [0.1, 0.15) is 45.7 Å². The van der Waals surface area contributed by atoms with Crippen LogP contribution >= 0.6 is 0 Å². The van der Waals surface area contributed by atoms with E-state index in [9.17, 15) is 18.0 Å². The molecular weight excluding hydrogens is 437 g/mol. The molecule has 1 aromatic carbocycles. The zero-order chi connectivity index (χ0) is 23.3. The van der Waals surface area contributed by atoms with E-state index in [1.54, 1.807) is 23.1 Å². The van der Waals surface area contributed by atoms with E-state index >= 15 is 0 Å². The highest BCUT2D eigenvalue weighted by atomic mass is 19.4. The van der Waals surface area contributed by atoms with E-state index in [-0.39, 0.29) is 18.6 Å². The SMILES string of the molecule is C[C@@H]1COC[C@H](c2ccc(C(F)(F)F)nc2)N1C(=O)c1ccc2nc(N)c3c(c2c1)COC3. The summed E-state index contributed by atoms with van der Waals surface area (Å²) in [4.78, 5) is 23.2. The Kier molecular flexibility index (Phi) is 5.21. The number of pyridine rings is 2. The number of fused-ring (bicyclic) bond motifs is 3. The van der Waals surface area contributed by atoms with E-state index in [0.29, 0.717) is 42.3 Å². The molecule has 10 heteroatoms. The van der Waals surface area contributed by atoms with Crippen molar-refractivity contribution in [2.75, 3.05) is 18.9 Å². The maximum absolute atomic E-state index is 13.6. The van der Waals surface area contributed by atoms with Gasteiger partial charge in [0.2, 0.25) is 0 Å². The van der Waals surface area contributed by atoms with Crippen LogP contribution in [0.4, 0.5) is 19.0 Å². The van der Waals surface area contributed by atoms with Crippen molar-refractivity contribution < 1.29 is 27.4 Å². The summed E-state index contributed by atoms with van der Waals surface area (Å²) in [6, 6.07) is 6.63. The summed E-state index contributed by atoms with van der Waals surface area (Å²) >= 11 is 0. The number of rotatable bonds is 2. The van der Waals surface area contributed by atoms with Gasteiger partial charge in [-0.05, 0) is 42.3 Å². The molecule has 7 nitrogen and oxygen atoms in total. The van der Waals surface area contributed by atoms with Crippen LogP contribution in [0.5, 0.6) is 0 Å². The highest BCUT2D eigenvalue weighted by Gasteiger charge is 2.36. The Morgan fingerprint density at radius 2 is 1.91 bits per heavy atom. The predicted octanol–water partition coefficient (Wildman–Crippen LogP) is 3.86. The van der Waals surface area contributed by atoms with Gasteiger partial charge in [0.15, 0.2) is 0 Å². The van der Waals surface area contributed by atoms with E-state index in [2.05, 4.69) is 9.97 Å². The predicted molar refractivity (Wildman–Crippen MR) is 113 cm³/mol. The number of hydrogen-bond donors (Lipinski definition) is 1. The van der Waals surface area contributed by atoms with Gasteiger partial charge in [0.1, 0.15) is 11.5 Å². The Hall–Kier alpha value is -3.24. The van der Waals surface area contributed by atoms with Crippen LogP contribution in [0.3, 0.4) is 0 Å². The molecule has 0 bridgehead atoms. The largest absolute Gasteiger partial charge is 0.433 e. The van der Waals surface area contributed by atoms with Gasteiger partial charge in [-0.3, -0.25) is 9.78 Å². The standard InChI is InChI=1S/C23H21F3N4O3/c1-12-8-32-11-19(14-3-5-20(28-7-14)23(24,25)26)30(12)22(31)13-2-4-18-15(6-13)16-9-33-10-17(16)21(27)29-18/h2-7,12,19H,8-11H2,1H3,(H2,27,29)/t12-,19-/m1/s1. The van der Waals surface area contributed by atoms with Crippen LogP contribution in [0.25, 0.3) is 10.9 Å². The molecule has 1 fully saturated rings. The van der Waals surface area contributed by atoms with Gasteiger partial charge >= 0.3 is 6.18 Å². The number of ether oxygens (including phenoxy) is 2. The molecule has 2 N–H and O–H groups in total. The number of alkyl halides is 3. The lowest BCUT2D eigenvalue weighted by atomic mass is 9.99. The van der Waals surface area contributed by atoms with Gasteiger partial charge in [-0.25, -0.2) is 4.98 Å². The van der Waals surface area contributed by atoms with Gasteiger partial charge < -0.3 is 20.1 Å². The Bertz CT molecular complexity index is 1230. The summed E-state index contributed by atoms with van der Waals surface area (Å²) < 4.78 is 49.9. The Morgan fingerprint density at radius 1 is 1.12 bits per heavy atom. The number of nitrogens with zero attached hydrogens (tertiary/aromatic N) is 3. The van der Waals surface area contributed by atoms with Crippen LogP contribution in [-0.4, -0.2) is 40.0 Å². The summed E-state index contributed by atoms with van der Waals surface area (Å²) in [5.74, 6) is 0.174. The van der Waals surface area contributed by atoms with Gasteiger partial charge in [-0.15, -0.1) is 0 Å². The summed E-state index contributed by atoms with van der Waals surface area (Å²) in [7, 11) is 0. The lowest BCUT2D eigenvalue weighted by molar-refractivity contribution is -0.141. The summed E-state index contributed by atoms with van der Waals surface area (Å²) in [5, 5.41) is 0.802. The second-order valence-corrected chi connectivity index (χ2v) is 8.27. The van der Waals surface area contributed by atoms with E-state index in [1.165, 1.54) is 6.07 Å². The third-order valence-corrected chi connectivity index (χ3v) is 6.12. The molecule has 1 saturated heterocycles. The molecule has 2 aromatic heterocycles. The van der Waals surface area contributed by atoms with Crippen LogP contribution < -0.4 is 5.73 Å². The van der Waals surface area contributed by atoms with Gasteiger partial charge in [-0.1, -0.05) is 6.07 Å². The lowest BCUT2D eigenvalue weighted by Crippen LogP contribution is -2.49. The number of morpholine rings is 1. The van der Waals surface area contributed by atoms with Crippen molar-refractivity contribution in [3.8, 4) is 0 Å². The van der Waals surface area contributed by atoms with E-state index in [0.717, 1.165) is 28.8 Å². The van der Waals surface area contributed by atoms with Gasteiger partial charge in [-0.2, -0.15) is 13.2 Å². The number of nitrogens with two attached hydrogens (primary N) is 1. The van der Waals surface area contributed by atoms with Gasteiger partial charge in [0.25, 0.3) is 5.91 Å². The van der Waals surface area contributed by atoms with Crippen molar-refractivity contribution in [3.05, 3.63) is 64.5 Å². The van der Waals surface area contributed by atoms with E-state index in [1.807, 2.05) is 6.92 Å². The fraction of sp³-hybridized carbons (Fsp3) is 0.348. The molecule has 0 unspecified atom stereocenters. The minimum atomic E-state index is -4.53. The number of benzene rings is 1. The average Bonchev–Trinajstić information content (AvgIpc) is 3.29. The molecule has 0 radical (unpaired) electrons. The molecule has 3 aromatic rings. The summed E-state index contributed by atoms with van der Waals surface area (Å²) in [6.07, 6.45) is -3.37. The Balaban J connectivity index is 1.51. The van der Waals surface area contributed by atoms with Crippen molar-refractivity contribution in [1.82, 2.24) is 14.9 Å². The van der Waals surface area contributed by atoms with E-state index in [4.69, 9.17) is 15.2 Å². The van der Waals surface area contributed by atoms with Crippen molar-refractivity contribution in [1.29, 1.82) is 0 Å². The molecule has 2 aliphatic rings. The zero-order valence-corrected chi connectivity index (χ0v) is 17.7. The number of carbonyl (C=O) groups excluding carboxylic acids is 1. The first kappa shape index (κ1) is 21.6. The Labute approximate surface area is 187 Å².